The van der Waals surface area contributed by atoms with E-state index in [9.17, 15) is 13.7 Å². The number of hydrogen-bond acceptors (Lipinski definition) is 8. The molecule has 0 atom stereocenters. The Morgan fingerprint density at radius 1 is 1.19 bits per heavy atom. The van der Waals surface area contributed by atoms with Crippen molar-refractivity contribution in [3.05, 3.63) is 88.1 Å². The van der Waals surface area contributed by atoms with Gasteiger partial charge in [0.25, 0.3) is 10.0 Å². The second kappa shape index (κ2) is 11.4. The van der Waals surface area contributed by atoms with Crippen molar-refractivity contribution in [2.75, 3.05) is 17.9 Å². The van der Waals surface area contributed by atoms with Gasteiger partial charge in [0.05, 0.1) is 16.3 Å². The van der Waals surface area contributed by atoms with Crippen molar-refractivity contribution in [3.63, 3.8) is 0 Å². The Kier molecular flexibility index (Phi) is 8.53. The summed E-state index contributed by atoms with van der Waals surface area (Å²) in [5.74, 6) is 0.865. The zero-order valence-corrected chi connectivity index (χ0v) is 21.4. The maximum absolute atomic E-state index is 11.6. The van der Waals surface area contributed by atoms with E-state index in [1.54, 1.807) is 18.2 Å². The van der Waals surface area contributed by atoms with Gasteiger partial charge in [-0.05, 0) is 41.5 Å². The fraction of sp³-hybridized carbons (Fsp3) is 0.240. The van der Waals surface area contributed by atoms with Crippen LogP contribution in [0, 0.1) is 11.3 Å². The number of nitrogens with one attached hydrogen (secondary N) is 1. The van der Waals surface area contributed by atoms with E-state index in [2.05, 4.69) is 27.3 Å². The molecule has 36 heavy (non-hydrogen) atoms. The molecular weight excluding hydrogens is 502 g/mol. The highest BCUT2D eigenvalue weighted by atomic mass is 35.5. The Morgan fingerprint density at radius 2 is 1.92 bits per heavy atom. The van der Waals surface area contributed by atoms with E-state index < -0.39 is 15.4 Å². The van der Waals surface area contributed by atoms with Gasteiger partial charge >= 0.3 is 0 Å². The van der Waals surface area contributed by atoms with Crippen LogP contribution in [0.1, 0.15) is 36.2 Å². The number of rotatable bonds is 11. The van der Waals surface area contributed by atoms with Gasteiger partial charge < -0.3 is 15.2 Å². The summed E-state index contributed by atoms with van der Waals surface area (Å²) in [5.41, 5.74) is 7.70. The van der Waals surface area contributed by atoms with Crippen molar-refractivity contribution in [1.29, 1.82) is 5.26 Å². The highest BCUT2D eigenvalue weighted by molar-refractivity contribution is 7.95. The topological polar surface area (TPSA) is 140 Å². The molecule has 188 valence electrons. The average molecular weight is 528 g/mol. The van der Waals surface area contributed by atoms with Gasteiger partial charge in [-0.3, -0.25) is 0 Å². The summed E-state index contributed by atoms with van der Waals surface area (Å²) in [5, 5.41) is 10.7. The van der Waals surface area contributed by atoms with E-state index in [-0.39, 0.29) is 19.2 Å². The van der Waals surface area contributed by atoms with Crippen LogP contribution in [-0.2, 0) is 22.0 Å². The summed E-state index contributed by atoms with van der Waals surface area (Å²) in [6.45, 7) is 7.99. The molecule has 3 aromatic rings. The predicted molar refractivity (Wildman–Crippen MR) is 138 cm³/mol. The Bertz CT molecular complexity index is 1390. The first kappa shape index (κ1) is 26.9. The lowest BCUT2D eigenvalue weighted by Gasteiger charge is -2.27. The van der Waals surface area contributed by atoms with E-state index >= 15 is 0 Å². The van der Waals surface area contributed by atoms with Crippen LogP contribution in [-0.4, -0.2) is 31.5 Å². The fourth-order valence-electron chi connectivity index (χ4n) is 3.33. The molecule has 0 spiro atoms. The van der Waals surface area contributed by atoms with Crippen LogP contribution in [0.3, 0.4) is 0 Å². The lowest BCUT2D eigenvalue weighted by molar-refractivity contribution is 0.301. The van der Waals surface area contributed by atoms with Gasteiger partial charge in [-0.1, -0.05) is 44.2 Å². The van der Waals surface area contributed by atoms with E-state index in [1.807, 2.05) is 38.1 Å². The van der Waals surface area contributed by atoms with E-state index in [0.717, 1.165) is 16.5 Å². The summed E-state index contributed by atoms with van der Waals surface area (Å²) in [6, 6.07) is 14.8. The molecular formula is C25H26ClN5O4S. The number of ether oxygens (including phenoxy) is 2. The molecule has 0 saturated carbocycles. The van der Waals surface area contributed by atoms with Crippen molar-refractivity contribution in [3.8, 4) is 17.6 Å². The Morgan fingerprint density at radius 3 is 2.56 bits per heavy atom. The van der Waals surface area contributed by atoms with Crippen molar-refractivity contribution in [1.82, 2.24) is 9.97 Å². The molecule has 3 N–H and O–H groups in total. The molecule has 1 heterocycles. The van der Waals surface area contributed by atoms with Gasteiger partial charge in [0.15, 0.2) is 5.75 Å². The van der Waals surface area contributed by atoms with E-state index in [1.165, 1.54) is 6.20 Å². The number of anilines is 1. The minimum absolute atomic E-state index is 0.0667. The molecule has 0 saturated heterocycles. The third-order valence-corrected chi connectivity index (χ3v) is 6.57. The van der Waals surface area contributed by atoms with Crippen molar-refractivity contribution in [2.24, 2.45) is 5.73 Å². The number of nitrogens with two attached hydrogens (primary N) is 1. The molecule has 0 aliphatic heterocycles. The SMILES string of the molecule is C=CS(=O)(=O)Nc1nccc(COc2ccc(C(C)(C)c3cc(Cl)c(OCCN)c(C#N)c3)cc2)n1. The number of nitrogens with zero attached hydrogens (tertiary/aromatic N) is 3. The minimum atomic E-state index is -3.70. The summed E-state index contributed by atoms with van der Waals surface area (Å²) in [6.07, 6.45) is 1.44. The summed E-state index contributed by atoms with van der Waals surface area (Å²) >= 11 is 6.43. The summed E-state index contributed by atoms with van der Waals surface area (Å²) < 4.78 is 36.8. The monoisotopic (exact) mass is 527 g/mol. The second-order valence-electron chi connectivity index (χ2n) is 8.21. The largest absolute Gasteiger partial charge is 0.489 e. The molecule has 11 heteroatoms. The van der Waals surface area contributed by atoms with Crippen LogP contribution in [0.25, 0.3) is 0 Å². The zero-order chi connectivity index (χ0) is 26.3. The maximum Gasteiger partial charge on any atom is 0.256 e. The first-order chi connectivity index (χ1) is 17.1. The smallest absolute Gasteiger partial charge is 0.256 e. The second-order valence-corrected chi connectivity index (χ2v) is 10.2. The minimum Gasteiger partial charge on any atom is -0.489 e. The zero-order valence-electron chi connectivity index (χ0n) is 19.9. The summed E-state index contributed by atoms with van der Waals surface area (Å²) in [7, 11) is -3.70. The van der Waals surface area contributed by atoms with Gasteiger partial charge in [-0.25, -0.2) is 23.1 Å². The van der Waals surface area contributed by atoms with Crippen LogP contribution in [0.2, 0.25) is 5.02 Å². The molecule has 0 unspecified atom stereocenters. The standard InChI is InChI=1S/C25H26ClN5O4S/c1-4-36(32,33)31-24-29-11-9-20(30-24)16-35-21-7-5-18(6-8-21)25(2,3)19-13-17(15-28)23(22(26)14-19)34-12-10-27/h4-9,11,13-14H,1,10,12,16,27H2,2-3H3,(H,29,30,31). The third-order valence-electron chi connectivity index (χ3n) is 5.38. The number of benzene rings is 2. The number of nitriles is 1. The van der Waals surface area contributed by atoms with E-state index in [4.69, 9.17) is 26.8 Å². The van der Waals surface area contributed by atoms with Gasteiger partial charge in [0.2, 0.25) is 5.95 Å². The molecule has 0 radical (unpaired) electrons. The van der Waals surface area contributed by atoms with Gasteiger partial charge in [0, 0.05) is 23.6 Å². The van der Waals surface area contributed by atoms with Crippen molar-refractivity contribution >= 4 is 27.6 Å². The van der Waals surface area contributed by atoms with Crippen LogP contribution >= 0.6 is 11.6 Å². The Labute approximate surface area is 215 Å². The van der Waals surface area contributed by atoms with Crippen molar-refractivity contribution < 1.29 is 17.9 Å². The Balaban J connectivity index is 1.75. The highest BCUT2D eigenvalue weighted by Crippen LogP contribution is 2.38. The molecule has 9 nitrogen and oxygen atoms in total. The fourth-order valence-corrected chi connectivity index (χ4v) is 4.04. The number of halogens is 1. The highest BCUT2D eigenvalue weighted by Gasteiger charge is 2.26. The molecule has 1 aromatic heterocycles. The first-order valence-corrected chi connectivity index (χ1v) is 12.8. The normalized spacial score (nSPS) is 11.4. The molecule has 3 rings (SSSR count). The molecule has 0 aliphatic carbocycles. The maximum atomic E-state index is 11.6. The van der Waals surface area contributed by atoms with E-state index in [0.29, 0.717) is 34.3 Å². The number of aromatic nitrogens is 2. The average Bonchev–Trinajstić information content (AvgIpc) is 2.86. The Hall–Kier alpha value is -3.65. The van der Waals surface area contributed by atoms with Gasteiger partial charge in [-0.15, -0.1) is 0 Å². The van der Waals surface area contributed by atoms with Crippen LogP contribution in [0.5, 0.6) is 11.5 Å². The van der Waals surface area contributed by atoms with Crippen LogP contribution < -0.4 is 19.9 Å². The number of sulfonamides is 1. The van der Waals surface area contributed by atoms with Gasteiger partial charge in [-0.2, -0.15) is 5.26 Å². The molecule has 0 bridgehead atoms. The summed E-state index contributed by atoms with van der Waals surface area (Å²) in [4.78, 5) is 8.02. The molecule has 2 aromatic carbocycles. The lowest BCUT2D eigenvalue weighted by Crippen LogP contribution is -2.19. The number of hydrogen-bond donors (Lipinski definition) is 2. The quantitative estimate of drug-likeness (QED) is 0.379. The van der Waals surface area contributed by atoms with Crippen molar-refractivity contribution in [2.45, 2.75) is 25.9 Å². The van der Waals surface area contributed by atoms with Crippen LogP contribution in [0.4, 0.5) is 5.95 Å². The van der Waals surface area contributed by atoms with Gasteiger partial charge in [0.1, 0.15) is 25.0 Å². The lowest BCUT2D eigenvalue weighted by atomic mass is 9.77. The molecule has 0 amide bonds. The first-order valence-electron chi connectivity index (χ1n) is 10.9. The molecule has 0 fully saturated rings. The molecule has 0 aliphatic rings. The van der Waals surface area contributed by atoms with Crippen LogP contribution in [0.15, 0.2) is 60.6 Å². The predicted octanol–water partition coefficient (Wildman–Crippen LogP) is 4.13. The third kappa shape index (κ3) is 6.51.